The van der Waals surface area contributed by atoms with Gasteiger partial charge in [-0.15, -0.1) is 0 Å². The minimum absolute atomic E-state index is 0.180. The maximum Gasteiger partial charge on any atom is 0.196 e. The van der Waals surface area contributed by atoms with Crippen LogP contribution >= 0.6 is 31.9 Å². The lowest BCUT2D eigenvalue weighted by Gasteiger charge is -2.24. The van der Waals surface area contributed by atoms with Gasteiger partial charge in [0.25, 0.3) is 0 Å². The maximum atomic E-state index is 13.6. The van der Waals surface area contributed by atoms with Crippen molar-refractivity contribution in [1.29, 1.82) is 0 Å². The number of hydrogen-bond acceptors (Lipinski definition) is 4. The lowest BCUT2D eigenvalue weighted by molar-refractivity contribution is 0.0980. The molecule has 1 aliphatic rings. The molecule has 0 saturated carbocycles. The average molecular weight is 548 g/mol. The summed E-state index contributed by atoms with van der Waals surface area (Å²) in [5, 5.41) is 6.66. The summed E-state index contributed by atoms with van der Waals surface area (Å²) in [4.78, 5) is 27.2. The molecule has 0 spiro atoms. The topological polar surface area (TPSA) is 58.2 Å². The second kappa shape index (κ2) is 8.37. The molecule has 0 radical (unpaired) electrons. The summed E-state index contributed by atoms with van der Waals surface area (Å²) < 4.78 is 1.72. The number of carbonyl (C=O) groups is 2. The van der Waals surface area contributed by atoms with E-state index < -0.39 is 0 Å². The number of carbonyl (C=O) groups excluding carboxylic acids is 2. The highest BCUT2D eigenvalue weighted by atomic mass is 79.9. The molecule has 4 nitrogen and oxygen atoms in total. The number of fused-ring (bicyclic) bond motifs is 2. The van der Waals surface area contributed by atoms with Gasteiger partial charge in [-0.2, -0.15) is 0 Å². The molecular formula is C26H16Br2N2O2. The van der Waals surface area contributed by atoms with E-state index in [0.717, 1.165) is 20.3 Å². The number of halogens is 2. The Balaban J connectivity index is 1.70. The van der Waals surface area contributed by atoms with Gasteiger partial charge in [-0.3, -0.25) is 9.59 Å². The Labute approximate surface area is 201 Å². The largest absolute Gasteiger partial charge is 0.354 e. The van der Waals surface area contributed by atoms with Crippen molar-refractivity contribution >= 4 is 66.2 Å². The molecule has 6 heteroatoms. The van der Waals surface area contributed by atoms with Crippen molar-refractivity contribution in [3.8, 4) is 0 Å². The molecule has 4 aromatic rings. The van der Waals surface area contributed by atoms with Crippen LogP contribution in [0.2, 0.25) is 0 Å². The molecule has 156 valence electrons. The predicted octanol–water partition coefficient (Wildman–Crippen LogP) is 7.47. The minimum atomic E-state index is -0.180. The second-order valence-corrected chi connectivity index (χ2v) is 9.03. The molecule has 2 N–H and O–H groups in total. The highest BCUT2D eigenvalue weighted by molar-refractivity contribution is 9.11. The lowest BCUT2D eigenvalue weighted by Crippen LogP contribution is -2.23. The molecular weight excluding hydrogens is 532 g/mol. The predicted molar refractivity (Wildman–Crippen MR) is 135 cm³/mol. The number of nitrogens with one attached hydrogen (secondary N) is 2. The van der Waals surface area contributed by atoms with Crippen molar-refractivity contribution in [2.24, 2.45) is 0 Å². The van der Waals surface area contributed by atoms with E-state index in [1.165, 1.54) is 0 Å². The van der Waals surface area contributed by atoms with Gasteiger partial charge in [-0.05, 0) is 68.3 Å². The van der Waals surface area contributed by atoms with Gasteiger partial charge in [0, 0.05) is 20.1 Å². The number of anilines is 4. The van der Waals surface area contributed by atoms with Crippen LogP contribution in [0, 0.1) is 0 Å². The van der Waals surface area contributed by atoms with E-state index in [2.05, 4.69) is 42.5 Å². The Bertz CT molecular complexity index is 1290. The van der Waals surface area contributed by atoms with Gasteiger partial charge < -0.3 is 10.6 Å². The first-order chi connectivity index (χ1) is 15.5. The summed E-state index contributed by atoms with van der Waals surface area (Å²) >= 11 is 7.07. The molecule has 1 aliphatic carbocycles. The Kier molecular flexibility index (Phi) is 5.41. The first-order valence-electron chi connectivity index (χ1n) is 9.93. The van der Waals surface area contributed by atoms with Crippen LogP contribution in [-0.2, 0) is 0 Å². The quantitative estimate of drug-likeness (QED) is 0.245. The van der Waals surface area contributed by atoms with E-state index in [1.54, 1.807) is 24.3 Å². The fourth-order valence-corrected chi connectivity index (χ4v) is 4.61. The summed E-state index contributed by atoms with van der Waals surface area (Å²) in [5.74, 6) is -0.360. The number of para-hydroxylation sites is 2. The molecule has 0 atom stereocenters. The maximum absolute atomic E-state index is 13.6. The molecule has 4 aromatic carbocycles. The van der Waals surface area contributed by atoms with Crippen LogP contribution in [0.5, 0.6) is 0 Å². The molecule has 0 amide bonds. The molecule has 0 unspecified atom stereocenters. The van der Waals surface area contributed by atoms with Crippen LogP contribution in [-0.4, -0.2) is 11.6 Å². The van der Waals surface area contributed by atoms with Crippen LogP contribution in [0.3, 0.4) is 0 Å². The number of benzene rings is 4. The Morgan fingerprint density at radius 2 is 0.844 bits per heavy atom. The monoisotopic (exact) mass is 546 g/mol. The van der Waals surface area contributed by atoms with Crippen molar-refractivity contribution in [3.63, 3.8) is 0 Å². The van der Waals surface area contributed by atoms with Crippen molar-refractivity contribution in [2.45, 2.75) is 0 Å². The lowest BCUT2D eigenvalue weighted by atomic mass is 9.82. The number of hydrogen-bond donors (Lipinski definition) is 2. The number of rotatable bonds is 4. The van der Waals surface area contributed by atoms with Gasteiger partial charge >= 0.3 is 0 Å². The molecule has 0 fully saturated rings. The van der Waals surface area contributed by atoms with E-state index in [-0.39, 0.29) is 11.6 Å². The zero-order valence-electron chi connectivity index (χ0n) is 16.7. The molecule has 0 aromatic heterocycles. The van der Waals surface area contributed by atoms with Crippen molar-refractivity contribution in [3.05, 3.63) is 116 Å². The Hall–Kier alpha value is -3.22. The van der Waals surface area contributed by atoms with E-state index in [4.69, 9.17) is 0 Å². The SMILES string of the molecule is O=C1c2ccccc2C(=O)c2c(Nc3ccccc3Br)ccc(Nc3ccccc3Br)c21. The number of ketones is 2. The van der Waals surface area contributed by atoms with Gasteiger partial charge in [0.15, 0.2) is 11.6 Å². The Morgan fingerprint density at radius 3 is 1.25 bits per heavy atom. The van der Waals surface area contributed by atoms with E-state index in [0.29, 0.717) is 33.6 Å². The molecule has 0 bridgehead atoms. The van der Waals surface area contributed by atoms with Crippen molar-refractivity contribution in [1.82, 2.24) is 0 Å². The third-order valence-corrected chi connectivity index (χ3v) is 6.75. The highest BCUT2D eigenvalue weighted by Gasteiger charge is 2.34. The second-order valence-electron chi connectivity index (χ2n) is 7.32. The van der Waals surface area contributed by atoms with Crippen molar-refractivity contribution < 1.29 is 9.59 Å². The molecule has 5 rings (SSSR count). The third-order valence-electron chi connectivity index (χ3n) is 5.36. The minimum Gasteiger partial charge on any atom is -0.354 e. The van der Waals surface area contributed by atoms with Gasteiger partial charge in [0.2, 0.25) is 0 Å². The van der Waals surface area contributed by atoms with Gasteiger partial charge in [0.1, 0.15) is 0 Å². The molecule has 0 aliphatic heterocycles. The smallest absolute Gasteiger partial charge is 0.196 e. The molecule has 0 heterocycles. The van der Waals surface area contributed by atoms with Crippen LogP contribution in [0.15, 0.2) is 93.9 Å². The van der Waals surface area contributed by atoms with Gasteiger partial charge in [0.05, 0.1) is 33.9 Å². The highest BCUT2D eigenvalue weighted by Crippen LogP contribution is 2.40. The Morgan fingerprint density at radius 1 is 0.469 bits per heavy atom. The van der Waals surface area contributed by atoms with Crippen LogP contribution < -0.4 is 10.6 Å². The zero-order chi connectivity index (χ0) is 22.2. The zero-order valence-corrected chi connectivity index (χ0v) is 19.8. The van der Waals surface area contributed by atoms with E-state index >= 15 is 0 Å². The summed E-state index contributed by atoms with van der Waals surface area (Å²) in [6.45, 7) is 0. The van der Waals surface area contributed by atoms with Gasteiger partial charge in [-0.1, -0.05) is 48.5 Å². The normalized spacial score (nSPS) is 12.2. The summed E-state index contributed by atoms with van der Waals surface area (Å²) in [5.41, 5.74) is 4.33. The fraction of sp³-hybridized carbons (Fsp3) is 0. The van der Waals surface area contributed by atoms with Crippen LogP contribution in [0.1, 0.15) is 31.8 Å². The van der Waals surface area contributed by atoms with E-state index in [1.807, 2.05) is 60.7 Å². The summed E-state index contributed by atoms with van der Waals surface area (Å²) in [6.07, 6.45) is 0. The summed E-state index contributed by atoms with van der Waals surface area (Å²) in [6, 6.07) is 25.9. The van der Waals surface area contributed by atoms with Crippen LogP contribution in [0.25, 0.3) is 0 Å². The van der Waals surface area contributed by atoms with E-state index in [9.17, 15) is 9.59 Å². The average Bonchev–Trinajstić information content (AvgIpc) is 2.81. The fourth-order valence-electron chi connectivity index (χ4n) is 3.85. The molecule has 0 saturated heterocycles. The van der Waals surface area contributed by atoms with Crippen LogP contribution in [0.4, 0.5) is 22.7 Å². The first-order valence-corrected chi connectivity index (χ1v) is 11.5. The third kappa shape index (κ3) is 3.55. The molecule has 32 heavy (non-hydrogen) atoms. The first kappa shape index (κ1) is 20.7. The standard InChI is InChI=1S/C26H16Br2N2O2/c27-17-9-3-5-11-19(17)29-21-13-14-22(30-20-12-6-4-10-18(20)28)24-23(21)25(31)15-7-1-2-8-16(15)26(24)32/h1-14,29-30H. The van der Waals surface area contributed by atoms with Crippen molar-refractivity contribution in [2.75, 3.05) is 10.6 Å². The van der Waals surface area contributed by atoms with Gasteiger partial charge in [-0.25, -0.2) is 0 Å². The summed E-state index contributed by atoms with van der Waals surface area (Å²) in [7, 11) is 0.